The smallest absolute Gasteiger partial charge is 0.248 e. The Bertz CT molecular complexity index is 854. The lowest BCUT2D eigenvalue weighted by molar-refractivity contribution is -0.126. The van der Waals surface area contributed by atoms with Gasteiger partial charge in [0.05, 0.1) is 5.33 Å². The van der Waals surface area contributed by atoms with E-state index in [0.717, 1.165) is 35.7 Å². The van der Waals surface area contributed by atoms with Gasteiger partial charge in [-0.25, -0.2) is 0 Å². The number of alkyl halides is 1. The normalized spacial score (nSPS) is 15.6. The summed E-state index contributed by atoms with van der Waals surface area (Å²) < 4.78 is 0.783. The fourth-order valence-electron chi connectivity index (χ4n) is 3.72. The van der Waals surface area contributed by atoms with E-state index in [9.17, 15) is 9.59 Å². The zero-order valence-electron chi connectivity index (χ0n) is 15.9. The molecular weight excluding hydrogens is 520 g/mol. The molecule has 2 aromatic carbocycles. The summed E-state index contributed by atoms with van der Waals surface area (Å²) in [5, 5.41) is 3.87. The quantitative estimate of drug-likeness (QED) is 0.454. The molecule has 1 N–H and O–H groups in total. The summed E-state index contributed by atoms with van der Waals surface area (Å²) in [6, 6.07) is 13.9. The third kappa shape index (κ3) is 5.62. The summed E-state index contributed by atoms with van der Waals surface area (Å²) >= 11 is 12.9. The highest BCUT2D eigenvalue weighted by Crippen LogP contribution is 2.33. The number of hydrogen-bond acceptors (Lipinski definition) is 2. The molecule has 0 aromatic heterocycles. The van der Waals surface area contributed by atoms with Crippen LogP contribution in [0.15, 0.2) is 53.0 Å². The maximum Gasteiger partial charge on any atom is 0.248 e. The summed E-state index contributed by atoms with van der Waals surface area (Å²) in [4.78, 5) is 28.0. The highest BCUT2D eigenvalue weighted by Gasteiger charge is 2.34. The van der Waals surface area contributed by atoms with Gasteiger partial charge in [0.1, 0.15) is 6.04 Å². The van der Waals surface area contributed by atoms with Crippen LogP contribution >= 0.6 is 43.5 Å². The SMILES string of the molecule is O=C(NC1CCCCC1)C(c1ccccc1Br)N(C(=O)CBr)c1ccc(Cl)cc1. The van der Waals surface area contributed by atoms with E-state index in [1.54, 1.807) is 29.2 Å². The van der Waals surface area contributed by atoms with Crippen molar-refractivity contribution in [2.45, 2.75) is 44.2 Å². The molecule has 0 aliphatic heterocycles. The van der Waals surface area contributed by atoms with E-state index in [1.165, 1.54) is 6.42 Å². The number of benzene rings is 2. The van der Waals surface area contributed by atoms with Gasteiger partial charge in [-0.15, -0.1) is 0 Å². The van der Waals surface area contributed by atoms with Crippen LogP contribution in [0.2, 0.25) is 5.02 Å². The van der Waals surface area contributed by atoms with Crippen molar-refractivity contribution in [1.82, 2.24) is 5.32 Å². The van der Waals surface area contributed by atoms with Crippen molar-refractivity contribution in [3.05, 3.63) is 63.6 Å². The standard InChI is InChI=1S/C22H23Br2ClN2O2/c23-14-20(28)27(17-12-10-15(25)11-13-17)21(18-8-4-5-9-19(18)24)22(29)26-16-6-2-1-3-7-16/h4-5,8-13,16,21H,1-3,6-7,14H2,(H,26,29). The topological polar surface area (TPSA) is 49.4 Å². The second-order valence-electron chi connectivity index (χ2n) is 7.14. The van der Waals surface area contributed by atoms with Gasteiger partial charge in [-0.05, 0) is 48.7 Å². The second-order valence-corrected chi connectivity index (χ2v) is 8.99. The summed E-state index contributed by atoms with van der Waals surface area (Å²) in [6.45, 7) is 0. The van der Waals surface area contributed by atoms with E-state index in [0.29, 0.717) is 10.7 Å². The van der Waals surface area contributed by atoms with Crippen molar-refractivity contribution < 1.29 is 9.59 Å². The van der Waals surface area contributed by atoms with Crippen molar-refractivity contribution in [2.75, 3.05) is 10.2 Å². The van der Waals surface area contributed by atoms with E-state index >= 15 is 0 Å². The van der Waals surface area contributed by atoms with Crippen LogP contribution in [-0.4, -0.2) is 23.2 Å². The molecule has 0 bridgehead atoms. The second kappa shape index (κ2) is 10.6. The Kier molecular flexibility index (Phi) is 8.16. The molecule has 1 aliphatic rings. The van der Waals surface area contributed by atoms with Crippen LogP contribution in [0.5, 0.6) is 0 Å². The van der Waals surface area contributed by atoms with E-state index < -0.39 is 6.04 Å². The highest BCUT2D eigenvalue weighted by molar-refractivity contribution is 9.10. The molecule has 0 spiro atoms. The van der Waals surface area contributed by atoms with Crippen LogP contribution in [0.4, 0.5) is 5.69 Å². The molecule has 7 heteroatoms. The molecule has 2 amide bonds. The third-order valence-electron chi connectivity index (χ3n) is 5.15. The third-order valence-corrected chi connectivity index (χ3v) is 6.60. The summed E-state index contributed by atoms with van der Waals surface area (Å²) in [6.07, 6.45) is 5.39. The molecule has 1 saturated carbocycles. The molecular formula is C22H23Br2ClN2O2. The van der Waals surface area contributed by atoms with Gasteiger partial charge in [-0.1, -0.05) is 80.9 Å². The predicted octanol–water partition coefficient (Wildman–Crippen LogP) is 6.02. The number of carbonyl (C=O) groups is 2. The Morgan fingerprint density at radius 2 is 1.72 bits per heavy atom. The number of carbonyl (C=O) groups excluding carboxylic acids is 2. The predicted molar refractivity (Wildman–Crippen MR) is 125 cm³/mol. The molecule has 1 unspecified atom stereocenters. The number of halogens is 3. The van der Waals surface area contributed by atoms with Crippen molar-refractivity contribution >= 4 is 61.0 Å². The van der Waals surface area contributed by atoms with Crippen LogP contribution < -0.4 is 10.2 Å². The zero-order valence-corrected chi connectivity index (χ0v) is 19.8. The first kappa shape index (κ1) is 22.3. The average molecular weight is 543 g/mol. The van der Waals surface area contributed by atoms with Crippen LogP contribution in [0.1, 0.15) is 43.7 Å². The number of nitrogens with one attached hydrogen (secondary N) is 1. The largest absolute Gasteiger partial charge is 0.351 e. The van der Waals surface area contributed by atoms with Gasteiger partial charge in [-0.2, -0.15) is 0 Å². The number of hydrogen-bond donors (Lipinski definition) is 1. The minimum atomic E-state index is -0.793. The molecule has 0 radical (unpaired) electrons. The van der Waals surface area contributed by atoms with E-state index in [4.69, 9.17) is 11.6 Å². The zero-order chi connectivity index (χ0) is 20.8. The molecule has 1 fully saturated rings. The highest BCUT2D eigenvalue weighted by atomic mass is 79.9. The average Bonchev–Trinajstić information content (AvgIpc) is 2.74. The molecule has 2 aromatic rings. The first-order chi connectivity index (χ1) is 14.0. The van der Waals surface area contributed by atoms with Gasteiger partial charge in [0, 0.05) is 21.2 Å². The molecule has 0 heterocycles. The Morgan fingerprint density at radius 3 is 2.34 bits per heavy atom. The van der Waals surface area contributed by atoms with Crippen LogP contribution in [-0.2, 0) is 9.59 Å². The van der Waals surface area contributed by atoms with Gasteiger partial charge < -0.3 is 5.32 Å². The molecule has 1 aliphatic carbocycles. The van der Waals surface area contributed by atoms with Crippen molar-refractivity contribution in [3.8, 4) is 0 Å². The molecule has 3 rings (SSSR count). The molecule has 0 saturated heterocycles. The van der Waals surface area contributed by atoms with Gasteiger partial charge in [-0.3, -0.25) is 14.5 Å². The van der Waals surface area contributed by atoms with Gasteiger partial charge >= 0.3 is 0 Å². The first-order valence-electron chi connectivity index (χ1n) is 9.69. The number of anilines is 1. The van der Waals surface area contributed by atoms with Gasteiger partial charge in [0.15, 0.2) is 0 Å². The minimum Gasteiger partial charge on any atom is -0.351 e. The van der Waals surface area contributed by atoms with E-state index in [-0.39, 0.29) is 23.2 Å². The van der Waals surface area contributed by atoms with E-state index in [2.05, 4.69) is 37.2 Å². The maximum absolute atomic E-state index is 13.5. The Morgan fingerprint density at radius 1 is 1.07 bits per heavy atom. The Labute approximate surface area is 193 Å². The lowest BCUT2D eigenvalue weighted by Crippen LogP contribution is -2.47. The maximum atomic E-state index is 13.5. The van der Waals surface area contributed by atoms with Crippen LogP contribution in [0.25, 0.3) is 0 Å². The Hall–Kier alpha value is -1.37. The fraction of sp³-hybridized carbons (Fsp3) is 0.364. The number of rotatable bonds is 6. The van der Waals surface area contributed by atoms with Gasteiger partial charge in [0.25, 0.3) is 0 Å². The fourth-order valence-corrected chi connectivity index (χ4v) is 4.62. The summed E-state index contributed by atoms with van der Waals surface area (Å²) in [5.74, 6) is -0.375. The van der Waals surface area contributed by atoms with Crippen molar-refractivity contribution in [2.24, 2.45) is 0 Å². The number of amides is 2. The summed E-state index contributed by atoms with van der Waals surface area (Å²) in [7, 11) is 0. The van der Waals surface area contributed by atoms with Crippen molar-refractivity contribution in [1.29, 1.82) is 0 Å². The van der Waals surface area contributed by atoms with Crippen molar-refractivity contribution in [3.63, 3.8) is 0 Å². The molecule has 4 nitrogen and oxygen atoms in total. The van der Waals surface area contributed by atoms with Crippen LogP contribution in [0.3, 0.4) is 0 Å². The Balaban J connectivity index is 2.03. The lowest BCUT2D eigenvalue weighted by atomic mass is 9.94. The molecule has 154 valence electrons. The number of nitrogens with zero attached hydrogens (tertiary/aromatic N) is 1. The van der Waals surface area contributed by atoms with E-state index in [1.807, 2.05) is 24.3 Å². The first-order valence-corrected chi connectivity index (χ1v) is 12.0. The van der Waals surface area contributed by atoms with Crippen LogP contribution in [0, 0.1) is 0 Å². The lowest BCUT2D eigenvalue weighted by Gasteiger charge is -2.33. The van der Waals surface area contributed by atoms with Gasteiger partial charge in [0.2, 0.25) is 11.8 Å². The molecule has 1 atom stereocenters. The molecule has 29 heavy (non-hydrogen) atoms. The summed E-state index contributed by atoms with van der Waals surface area (Å²) in [5.41, 5.74) is 1.36. The monoisotopic (exact) mass is 540 g/mol. The minimum absolute atomic E-state index is 0.104.